The molecule has 1 aliphatic carbocycles. The van der Waals surface area contributed by atoms with Crippen LogP contribution in [-0.2, 0) is 38.1 Å². The van der Waals surface area contributed by atoms with Gasteiger partial charge in [0.2, 0.25) is 5.79 Å². The van der Waals surface area contributed by atoms with Gasteiger partial charge in [0.15, 0.2) is 0 Å². The van der Waals surface area contributed by atoms with Crippen LogP contribution in [0, 0.1) is 29.6 Å². The fourth-order valence-electron chi connectivity index (χ4n) is 8.48. The molecule has 292 valence electrons. The van der Waals surface area contributed by atoms with Gasteiger partial charge in [-0.1, -0.05) is 51.0 Å². The van der Waals surface area contributed by atoms with E-state index in [1.807, 2.05) is 19.9 Å². The molecule has 1 amide bonds. The summed E-state index contributed by atoms with van der Waals surface area (Å²) in [6.45, 7) is 13.3. The number of hydrogen-bond acceptors (Lipinski definition) is 10. The van der Waals surface area contributed by atoms with Crippen LogP contribution < -0.4 is 0 Å². The molecule has 0 aromatic rings. The van der Waals surface area contributed by atoms with Gasteiger partial charge in [-0.3, -0.25) is 14.4 Å². The molecule has 4 aliphatic rings. The second kappa shape index (κ2) is 18.6. The van der Waals surface area contributed by atoms with Crippen molar-refractivity contribution in [2.45, 2.75) is 148 Å². The molecule has 0 spiro atoms. The fourth-order valence-corrected chi connectivity index (χ4v) is 8.48. The number of ketones is 2. The van der Waals surface area contributed by atoms with E-state index in [4.69, 9.17) is 18.9 Å². The van der Waals surface area contributed by atoms with E-state index in [2.05, 4.69) is 19.6 Å². The maximum atomic E-state index is 14.1. The zero-order valence-corrected chi connectivity index (χ0v) is 32.4. The number of nitrogens with zero attached hydrogens (tertiary/aromatic N) is 1. The Bertz CT molecular complexity index is 1350. The Kier molecular flexibility index (Phi) is 15.0. The molecule has 3 fully saturated rings. The Labute approximate surface area is 310 Å². The van der Waals surface area contributed by atoms with Gasteiger partial charge in [-0.2, -0.15) is 0 Å². The standard InChI is InChI=1S/C41H63NO10/c1-9-13-30-19-24(2)18-25(3)20-34(49-7)37-35(50-8)22-27(5)41(48,52-37)38(45)39(46)42-17-11-10-16-31(42)40(47)51-36(26(4)21-29-14-12-15-29)28(6)32(43)23-33(30)44/h9,19,21,25,27-32,34-37,43,48H,1,10-18,20,22-23H2,2-8H3/b24-19+,26-21+/t25-,27+,28+,30+,31-,32-,34-,35-,36+,37+,41+/m0/s1. The number of methoxy groups -OCH3 is 2. The number of ether oxygens (including phenoxy) is 4. The quantitative estimate of drug-likeness (QED) is 0.211. The van der Waals surface area contributed by atoms with Crippen molar-refractivity contribution in [3.63, 3.8) is 0 Å². The summed E-state index contributed by atoms with van der Waals surface area (Å²) in [5, 5.41) is 23.5. The third-order valence-electron chi connectivity index (χ3n) is 11.9. The molecule has 3 aliphatic heterocycles. The Morgan fingerprint density at radius 2 is 1.69 bits per heavy atom. The lowest BCUT2D eigenvalue weighted by molar-refractivity contribution is -0.302. The van der Waals surface area contributed by atoms with Gasteiger partial charge in [0.1, 0.15) is 24.0 Å². The van der Waals surface area contributed by atoms with Gasteiger partial charge in [0.25, 0.3) is 11.7 Å². The number of Topliss-reactive ketones (excluding diaryl/α,β-unsaturated/α-hetero) is 2. The van der Waals surface area contributed by atoms with Crippen LogP contribution in [0.25, 0.3) is 0 Å². The molecule has 11 heteroatoms. The average molecular weight is 730 g/mol. The lowest BCUT2D eigenvalue weighted by Crippen LogP contribution is -2.64. The molecule has 11 nitrogen and oxygen atoms in total. The van der Waals surface area contributed by atoms with E-state index in [0.29, 0.717) is 38.0 Å². The Hall–Kier alpha value is -2.70. The topological polar surface area (TPSA) is 149 Å². The summed E-state index contributed by atoms with van der Waals surface area (Å²) in [5.74, 6) is -7.00. The van der Waals surface area contributed by atoms with Crippen LogP contribution in [0.3, 0.4) is 0 Å². The molecule has 4 rings (SSSR count). The van der Waals surface area contributed by atoms with Crippen LogP contribution in [0.15, 0.2) is 36.0 Å². The number of carbonyl (C=O) groups is 4. The van der Waals surface area contributed by atoms with E-state index in [1.54, 1.807) is 19.9 Å². The number of cyclic esters (lactones) is 1. The van der Waals surface area contributed by atoms with Gasteiger partial charge >= 0.3 is 5.97 Å². The highest BCUT2D eigenvalue weighted by atomic mass is 16.7. The molecular weight excluding hydrogens is 666 g/mol. The highest BCUT2D eigenvalue weighted by Crippen LogP contribution is 2.39. The van der Waals surface area contributed by atoms with Gasteiger partial charge in [0.05, 0.1) is 18.3 Å². The Balaban J connectivity index is 1.77. The molecule has 52 heavy (non-hydrogen) atoms. The van der Waals surface area contributed by atoms with Gasteiger partial charge < -0.3 is 34.1 Å². The summed E-state index contributed by atoms with van der Waals surface area (Å²) < 4.78 is 24.1. The average Bonchev–Trinajstić information content (AvgIpc) is 3.10. The molecular formula is C41H63NO10. The first kappa shape index (κ1) is 42.0. The summed E-state index contributed by atoms with van der Waals surface area (Å²) in [4.78, 5) is 57.3. The number of aliphatic hydroxyl groups is 2. The van der Waals surface area contributed by atoms with Crippen molar-refractivity contribution in [1.82, 2.24) is 4.90 Å². The molecule has 11 atom stereocenters. The predicted molar refractivity (Wildman–Crippen MR) is 196 cm³/mol. The first-order chi connectivity index (χ1) is 24.6. The normalized spacial score (nSPS) is 39.4. The number of carbonyl (C=O) groups excluding carboxylic acids is 4. The van der Waals surface area contributed by atoms with Crippen molar-refractivity contribution in [2.24, 2.45) is 29.6 Å². The summed E-state index contributed by atoms with van der Waals surface area (Å²) >= 11 is 0. The van der Waals surface area contributed by atoms with Gasteiger partial charge in [-0.25, -0.2) is 4.79 Å². The van der Waals surface area contributed by atoms with Gasteiger partial charge in [0, 0.05) is 44.9 Å². The third-order valence-corrected chi connectivity index (χ3v) is 11.9. The molecule has 0 aromatic carbocycles. The number of allylic oxidation sites excluding steroid dienone is 4. The van der Waals surface area contributed by atoms with E-state index >= 15 is 0 Å². The molecule has 0 aromatic heterocycles. The van der Waals surface area contributed by atoms with Crippen molar-refractivity contribution in [3.05, 3.63) is 36.0 Å². The van der Waals surface area contributed by atoms with Crippen LogP contribution in [0.5, 0.6) is 0 Å². The second-order valence-corrected chi connectivity index (χ2v) is 16.0. The zero-order valence-electron chi connectivity index (χ0n) is 32.4. The molecule has 0 unspecified atom stereocenters. The van der Waals surface area contributed by atoms with E-state index in [1.165, 1.54) is 19.1 Å². The minimum Gasteiger partial charge on any atom is -0.456 e. The highest BCUT2D eigenvalue weighted by molar-refractivity contribution is 6.39. The number of rotatable bonds is 6. The highest BCUT2D eigenvalue weighted by Gasteiger charge is 2.56. The minimum absolute atomic E-state index is 0.0368. The van der Waals surface area contributed by atoms with Crippen molar-refractivity contribution in [2.75, 3.05) is 20.8 Å². The van der Waals surface area contributed by atoms with Gasteiger partial charge in [-0.15, -0.1) is 6.58 Å². The van der Waals surface area contributed by atoms with E-state index in [9.17, 15) is 29.4 Å². The van der Waals surface area contributed by atoms with Crippen LogP contribution in [0.4, 0.5) is 0 Å². The summed E-state index contributed by atoms with van der Waals surface area (Å²) in [6.07, 6.45) is 8.00. The largest absolute Gasteiger partial charge is 0.456 e. The lowest BCUT2D eigenvalue weighted by Gasteiger charge is -2.47. The van der Waals surface area contributed by atoms with E-state index in [-0.39, 0.29) is 37.5 Å². The van der Waals surface area contributed by atoms with Gasteiger partial charge in [-0.05, 0) is 89.0 Å². The molecule has 2 bridgehead atoms. The Morgan fingerprint density at radius 1 is 1.02 bits per heavy atom. The lowest BCUT2D eigenvalue weighted by atomic mass is 9.81. The number of piperidine rings is 1. The van der Waals surface area contributed by atoms with Crippen molar-refractivity contribution in [3.8, 4) is 0 Å². The van der Waals surface area contributed by atoms with Crippen LogP contribution in [0.1, 0.15) is 105 Å². The number of hydrogen-bond donors (Lipinski definition) is 2. The smallest absolute Gasteiger partial charge is 0.329 e. The third kappa shape index (κ3) is 9.69. The zero-order chi connectivity index (χ0) is 38.3. The maximum Gasteiger partial charge on any atom is 0.329 e. The summed E-state index contributed by atoms with van der Waals surface area (Å²) in [6, 6.07) is -1.08. The maximum absolute atomic E-state index is 14.1. The molecule has 0 radical (unpaired) electrons. The number of aliphatic hydroxyl groups excluding tert-OH is 1. The van der Waals surface area contributed by atoms with Crippen LogP contribution >= 0.6 is 0 Å². The Morgan fingerprint density at radius 3 is 2.31 bits per heavy atom. The number of esters is 1. The molecule has 1 saturated carbocycles. The first-order valence-corrected chi connectivity index (χ1v) is 19.3. The van der Waals surface area contributed by atoms with Crippen molar-refractivity contribution < 1.29 is 48.3 Å². The van der Waals surface area contributed by atoms with Crippen molar-refractivity contribution in [1.29, 1.82) is 0 Å². The second-order valence-electron chi connectivity index (χ2n) is 16.0. The summed E-state index contributed by atoms with van der Waals surface area (Å²) in [5.41, 5.74) is 1.76. The van der Waals surface area contributed by atoms with E-state index < -0.39 is 77.8 Å². The van der Waals surface area contributed by atoms with Crippen LogP contribution in [-0.4, -0.2) is 102 Å². The monoisotopic (exact) mass is 729 g/mol. The summed E-state index contributed by atoms with van der Waals surface area (Å²) in [7, 11) is 3.07. The molecule has 2 N–H and O–H groups in total. The van der Waals surface area contributed by atoms with Crippen molar-refractivity contribution >= 4 is 23.4 Å². The number of amides is 1. The predicted octanol–water partition coefficient (Wildman–Crippen LogP) is 5.26. The molecule has 2 saturated heterocycles. The SMILES string of the molecule is C=CC[C@@H]1/C=C(\C)C[C@H](C)C[C@H](OC)[C@H]2O[C@@](O)(C(=O)C(=O)N3CCCC[C@H]3C(=O)O[C@H](/C(C)=C/C3CCC3)[C@H](C)[C@@H](O)CC1=O)[C@H](C)C[C@@H]2OC. The molecule has 3 heterocycles. The van der Waals surface area contributed by atoms with Crippen LogP contribution in [0.2, 0.25) is 0 Å². The first-order valence-electron chi connectivity index (χ1n) is 19.3. The fraction of sp³-hybridized carbons (Fsp3) is 0.756. The van der Waals surface area contributed by atoms with E-state index in [0.717, 1.165) is 30.4 Å². The minimum atomic E-state index is -2.47. The number of fused-ring (bicyclic) bond motifs is 3.